The molecule has 0 radical (unpaired) electrons. The van der Waals surface area contributed by atoms with Crippen LogP contribution >= 0.6 is 12.4 Å². The molecule has 3 rings (SSSR count). The minimum atomic E-state index is -0.772. The van der Waals surface area contributed by atoms with Gasteiger partial charge in [-0.3, -0.25) is 4.79 Å². The Hall–Kier alpha value is -2.03. The van der Waals surface area contributed by atoms with Crippen molar-refractivity contribution in [3.05, 3.63) is 24.3 Å². The highest BCUT2D eigenvalue weighted by molar-refractivity contribution is 5.97. The standard InChI is InChI=1S/C16H22N6O2.ClH/c1-3-22-14(19-20-21-22)12-5-4-6-13(11-12)18-15(23)16(24-2)7-9-17-10-8-16;/h4-6,11,17H,3,7-10H2,1-2H3,(H,18,23);1H. The summed E-state index contributed by atoms with van der Waals surface area (Å²) in [6.07, 6.45) is 1.31. The predicted octanol–water partition coefficient (Wildman–Crippen LogP) is 1.49. The lowest BCUT2D eigenvalue weighted by Gasteiger charge is -2.34. The van der Waals surface area contributed by atoms with E-state index in [-0.39, 0.29) is 18.3 Å². The van der Waals surface area contributed by atoms with Gasteiger partial charge in [0, 0.05) is 24.9 Å². The molecule has 0 bridgehead atoms. The van der Waals surface area contributed by atoms with Gasteiger partial charge in [0.15, 0.2) is 5.82 Å². The van der Waals surface area contributed by atoms with Crippen molar-refractivity contribution in [1.29, 1.82) is 0 Å². The van der Waals surface area contributed by atoms with E-state index in [4.69, 9.17) is 4.74 Å². The van der Waals surface area contributed by atoms with Crippen molar-refractivity contribution in [3.63, 3.8) is 0 Å². The first-order valence-corrected chi connectivity index (χ1v) is 8.12. The first kappa shape index (κ1) is 19.3. The molecule has 1 aliphatic rings. The second-order valence-electron chi connectivity index (χ2n) is 5.80. The lowest BCUT2D eigenvalue weighted by atomic mass is 9.91. The van der Waals surface area contributed by atoms with Crippen molar-refractivity contribution < 1.29 is 9.53 Å². The highest BCUT2D eigenvalue weighted by Crippen LogP contribution is 2.26. The Kier molecular flexibility index (Phi) is 6.46. The molecule has 1 aromatic heterocycles. The fourth-order valence-corrected chi connectivity index (χ4v) is 2.96. The molecule has 2 aromatic rings. The van der Waals surface area contributed by atoms with Gasteiger partial charge < -0.3 is 15.4 Å². The van der Waals surface area contributed by atoms with E-state index in [2.05, 4.69) is 26.2 Å². The monoisotopic (exact) mass is 366 g/mol. The minimum Gasteiger partial charge on any atom is -0.368 e. The quantitative estimate of drug-likeness (QED) is 0.832. The van der Waals surface area contributed by atoms with Crippen LogP contribution in [-0.2, 0) is 16.1 Å². The minimum absolute atomic E-state index is 0. The molecule has 8 nitrogen and oxygen atoms in total. The molecule has 0 atom stereocenters. The van der Waals surface area contributed by atoms with Gasteiger partial charge >= 0.3 is 0 Å². The van der Waals surface area contributed by atoms with Gasteiger partial charge in [-0.2, -0.15) is 0 Å². The molecule has 1 saturated heterocycles. The van der Waals surface area contributed by atoms with E-state index in [0.29, 0.717) is 30.9 Å². The lowest BCUT2D eigenvalue weighted by molar-refractivity contribution is -0.140. The molecule has 0 spiro atoms. The number of methoxy groups -OCH3 is 1. The number of halogens is 1. The third-order valence-corrected chi connectivity index (χ3v) is 4.43. The Labute approximate surface area is 152 Å². The summed E-state index contributed by atoms with van der Waals surface area (Å²) in [7, 11) is 1.59. The Bertz CT molecular complexity index is 714. The summed E-state index contributed by atoms with van der Waals surface area (Å²) in [6, 6.07) is 7.53. The molecule has 1 aromatic carbocycles. The summed E-state index contributed by atoms with van der Waals surface area (Å²) in [4.78, 5) is 12.7. The van der Waals surface area contributed by atoms with Crippen LogP contribution in [0, 0.1) is 0 Å². The third-order valence-electron chi connectivity index (χ3n) is 4.43. The van der Waals surface area contributed by atoms with Crippen molar-refractivity contribution in [1.82, 2.24) is 25.5 Å². The number of nitrogens with one attached hydrogen (secondary N) is 2. The number of tetrazole rings is 1. The zero-order valence-electron chi connectivity index (χ0n) is 14.4. The van der Waals surface area contributed by atoms with Crippen molar-refractivity contribution in [2.45, 2.75) is 31.9 Å². The molecular weight excluding hydrogens is 344 g/mol. The van der Waals surface area contributed by atoms with Gasteiger partial charge in [-0.25, -0.2) is 4.68 Å². The molecule has 2 heterocycles. The predicted molar refractivity (Wildman–Crippen MR) is 96.6 cm³/mol. The molecule has 0 saturated carbocycles. The van der Waals surface area contributed by atoms with Crippen LogP contribution in [0.15, 0.2) is 24.3 Å². The number of carbonyl (C=O) groups excluding carboxylic acids is 1. The summed E-state index contributed by atoms with van der Waals surface area (Å²) < 4.78 is 7.28. The van der Waals surface area contributed by atoms with Crippen LogP contribution in [0.5, 0.6) is 0 Å². The molecular formula is C16H23ClN6O2. The van der Waals surface area contributed by atoms with Crippen LogP contribution in [0.3, 0.4) is 0 Å². The molecule has 0 aliphatic carbocycles. The Morgan fingerprint density at radius 1 is 1.40 bits per heavy atom. The molecule has 9 heteroatoms. The molecule has 0 unspecified atom stereocenters. The van der Waals surface area contributed by atoms with Gasteiger partial charge in [-0.15, -0.1) is 17.5 Å². The average Bonchev–Trinajstić information content (AvgIpc) is 3.11. The SMILES string of the molecule is CCn1nnnc1-c1cccc(NC(=O)C2(OC)CCNCC2)c1.Cl. The topological polar surface area (TPSA) is 94.0 Å². The third kappa shape index (κ3) is 3.97. The number of anilines is 1. The van der Waals surface area contributed by atoms with Crippen LogP contribution < -0.4 is 10.6 Å². The largest absolute Gasteiger partial charge is 0.368 e. The van der Waals surface area contributed by atoms with Gasteiger partial charge in [0.2, 0.25) is 0 Å². The van der Waals surface area contributed by atoms with Gasteiger partial charge in [0.25, 0.3) is 5.91 Å². The van der Waals surface area contributed by atoms with Crippen LogP contribution in [0.1, 0.15) is 19.8 Å². The average molecular weight is 367 g/mol. The van der Waals surface area contributed by atoms with E-state index in [9.17, 15) is 4.79 Å². The van der Waals surface area contributed by atoms with Crippen LogP contribution in [-0.4, -0.2) is 51.9 Å². The summed E-state index contributed by atoms with van der Waals surface area (Å²) in [5.41, 5.74) is 0.793. The number of hydrogen-bond donors (Lipinski definition) is 2. The number of rotatable bonds is 5. The van der Waals surface area contributed by atoms with Gasteiger partial charge in [-0.05, 0) is 55.4 Å². The van der Waals surface area contributed by atoms with Crippen molar-refractivity contribution in [2.75, 3.05) is 25.5 Å². The molecule has 1 aliphatic heterocycles. The van der Waals surface area contributed by atoms with Gasteiger partial charge in [-0.1, -0.05) is 12.1 Å². The van der Waals surface area contributed by atoms with Crippen molar-refractivity contribution in [2.24, 2.45) is 0 Å². The number of carbonyl (C=O) groups is 1. The van der Waals surface area contributed by atoms with Gasteiger partial charge in [0.05, 0.1) is 0 Å². The van der Waals surface area contributed by atoms with E-state index < -0.39 is 5.60 Å². The number of nitrogens with zero attached hydrogens (tertiary/aromatic N) is 4. The maximum atomic E-state index is 12.7. The fourth-order valence-electron chi connectivity index (χ4n) is 2.96. The van der Waals surface area contributed by atoms with E-state index in [1.807, 2.05) is 31.2 Å². The number of aromatic nitrogens is 4. The van der Waals surface area contributed by atoms with Crippen molar-refractivity contribution in [3.8, 4) is 11.4 Å². The zero-order valence-corrected chi connectivity index (χ0v) is 15.2. The molecule has 2 N–H and O–H groups in total. The summed E-state index contributed by atoms with van der Waals surface area (Å²) in [6.45, 7) is 4.20. The fraction of sp³-hybridized carbons (Fsp3) is 0.500. The Morgan fingerprint density at radius 2 is 2.16 bits per heavy atom. The zero-order chi connectivity index (χ0) is 17.0. The number of ether oxygens (including phenoxy) is 1. The van der Waals surface area contributed by atoms with Crippen LogP contribution in [0.25, 0.3) is 11.4 Å². The number of aryl methyl sites for hydroxylation is 1. The summed E-state index contributed by atoms with van der Waals surface area (Å²) in [5.74, 6) is 0.565. The molecule has 1 amide bonds. The van der Waals surface area contributed by atoms with E-state index in [1.54, 1.807) is 11.8 Å². The summed E-state index contributed by atoms with van der Waals surface area (Å²) >= 11 is 0. The van der Waals surface area contributed by atoms with Crippen molar-refractivity contribution >= 4 is 24.0 Å². The first-order valence-electron chi connectivity index (χ1n) is 8.12. The lowest BCUT2D eigenvalue weighted by Crippen LogP contribution is -2.51. The number of amides is 1. The van der Waals surface area contributed by atoms with E-state index >= 15 is 0 Å². The number of benzene rings is 1. The Morgan fingerprint density at radius 3 is 2.84 bits per heavy atom. The van der Waals surface area contributed by atoms with Gasteiger partial charge in [0.1, 0.15) is 5.60 Å². The normalized spacial score (nSPS) is 16.1. The highest BCUT2D eigenvalue weighted by Gasteiger charge is 2.39. The van der Waals surface area contributed by atoms with Crippen LogP contribution in [0.4, 0.5) is 5.69 Å². The maximum Gasteiger partial charge on any atom is 0.256 e. The second kappa shape index (κ2) is 8.37. The number of piperidine rings is 1. The highest BCUT2D eigenvalue weighted by atomic mass is 35.5. The van der Waals surface area contributed by atoms with E-state index in [1.165, 1.54) is 0 Å². The number of hydrogen-bond acceptors (Lipinski definition) is 6. The molecule has 1 fully saturated rings. The van der Waals surface area contributed by atoms with E-state index in [0.717, 1.165) is 18.7 Å². The molecule has 25 heavy (non-hydrogen) atoms. The maximum absolute atomic E-state index is 12.7. The molecule has 136 valence electrons. The van der Waals surface area contributed by atoms with Crippen LogP contribution in [0.2, 0.25) is 0 Å². The second-order valence-corrected chi connectivity index (χ2v) is 5.80. The first-order chi connectivity index (χ1) is 11.7. The Balaban J connectivity index is 0.00000225. The smallest absolute Gasteiger partial charge is 0.256 e. The summed E-state index contributed by atoms with van der Waals surface area (Å²) in [5, 5.41) is 17.9.